The van der Waals surface area contributed by atoms with Crippen LogP contribution in [-0.2, 0) is 6.54 Å². The number of rotatable bonds is 3. The first-order valence-corrected chi connectivity index (χ1v) is 5.68. The van der Waals surface area contributed by atoms with Crippen molar-refractivity contribution >= 4 is 23.6 Å². The van der Waals surface area contributed by atoms with Crippen LogP contribution in [0.15, 0.2) is 42.7 Å². The molecule has 2 aromatic rings. The number of amides is 2. The molecule has 6 heteroatoms. The second-order valence-electron chi connectivity index (χ2n) is 3.51. The lowest BCUT2D eigenvalue weighted by molar-refractivity contribution is 0.251. The summed E-state index contributed by atoms with van der Waals surface area (Å²) in [7, 11) is 0. The van der Waals surface area contributed by atoms with Crippen molar-refractivity contribution < 1.29 is 4.79 Å². The Labute approximate surface area is 109 Å². The Morgan fingerprint density at radius 3 is 2.72 bits per heavy atom. The van der Waals surface area contributed by atoms with Gasteiger partial charge in [-0.3, -0.25) is 5.32 Å². The van der Waals surface area contributed by atoms with Gasteiger partial charge in [-0.05, 0) is 23.8 Å². The largest absolute Gasteiger partial charge is 0.334 e. The van der Waals surface area contributed by atoms with Gasteiger partial charge < -0.3 is 5.32 Å². The van der Waals surface area contributed by atoms with Gasteiger partial charge in [0.15, 0.2) is 0 Å². The first-order chi connectivity index (χ1) is 8.74. The molecule has 2 amide bonds. The lowest BCUT2D eigenvalue weighted by Crippen LogP contribution is -2.28. The number of nitrogens with zero attached hydrogens (tertiary/aromatic N) is 2. The van der Waals surface area contributed by atoms with Gasteiger partial charge >= 0.3 is 6.03 Å². The van der Waals surface area contributed by atoms with E-state index >= 15 is 0 Å². The Hall–Kier alpha value is -2.14. The molecule has 0 unspecified atom stereocenters. The third-order valence-electron chi connectivity index (χ3n) is 2.13. The van der Waals surface area contributed by atoms with Crippen molar-refractivity contribution in [3.05, 3.63) is 53.3 Å². The third-order valence-corrected chi connectivity index (χ3v) is 2.37. The molecule has 0 saturated heterocycles. The quantitative estimate of drug-likeness (QED) is 0.893. The van der Waals surface area contributed by atoms with E-state index in [-0.39, 0.29) is 12.0 Å². The SMILES string of the molecule is O=C(NCc1cccc(Cl)c1)Nc1ncccn1. The van der Waals surface area contributed by atoms with Gasteiger partial charge in [0.1, 0.15) is 0 Å². The van der Waals surface area contributed by atoms with Crippen molar-refractivity contribution in [3.8, 4) is 0 Å². The van der Waals surface area contributed by atoms with E-state index in [1.165, 1.54) is 0 Å². The van der Waals surface area contributed by atoms with Crippen molar-refractivity contribution in [1.82, 2.24) is 15.3 Å². The molecule has 18 heavy (non-hydrogen) atoms. The van der Waals surface area contributed by atoms with Crippen LogP contribution in [0.4, 0.5) is 10.7 Å². The molecule has 0 aliphatic heterocycles. The number of halogens is 1. The van der Waals surface area contributed by atoms with Crippen molar-refractivity contribution in [2.75, 3.05) is 5.32 Å². The van der Waals surface area contributed by atoms with Crippen LogP contribution in [0.1, 0.15) is 5.56 Å². The fraction of sp³-hybridized carbons (Fsp3) is 0.0833. The second-order valence-corrected chi connectivity index (χ2v) is 3.95. The summed E-state index contributed by atoms with van der Waals surface area (Å²) in [5, 5.41) is 5.85. The van der Waals surface area contributed by atoms with E-state index in [0.29, 0.717) is 11.6 Å². The molecule has 0 spiro atoms. The van der Waals surface area contributed by atoms with Gasteiger partial charge in [0.05, 0.1) is 0 Å². The summed E-state index contributed by atoms with van der Waals surface area (Å²) >= 11 is 5.84. The molecule has 1 aromatic carbocycles. The highest BCUT2D eigenvalue weighted by Crippen LogP contribution is 2.10. The van der Waals surface area contributed by atoms with Crippen LogP contribution in [0.5, 0.6) is 0 Å². The summed E-state index contributed by atoms with van der Waals surface area (Å²) in [6.45, 7) is 0.388. The molecule has 0 radical (unpaired) electrons. The summed E-state index contributed by atoms with van der Waals surface area (Å²) < 4.78 is 0. The smallest absolute Gasteiger partial charge is 0.321 e. The van der Waals surface area contributed by atoms with Gasteiger partial charge in [0.2, 0.25) is 5.95 Å². The Morgan fingerprint density at radius 1 is 1.22 bits per heavy atom. The normalized spacial score (nSPS) is 9.83. The van der Waals surface area contributed by atoms with E-state index in [9.17, 15) is 4.79 Å². The zero-order chi connectivity index (χ0) is 12.8. The van der Waals surface area contributed by atoms with E-state index < -0.39 is 0 Å². The highest BCUT2D eigenvalue weighted by molar-refractivity contribution is 6.30. The Balaban J connectivity index is 1.85. The van der Waals surface area contributed by atoms with Crippen LogP contribution in [0, 0.1) is 0 Å². The predicted octanol–water partition coefficient (Wildman–Crippen LogP) is 2.45. The fourth-order valence-corrected chi connectivity index (χ4v) is 1.55. The van der Waals surface area contributed by atoms with Gasteiger partial charge in [-0.2, -0.15) is 0 Å². The molecule has 2 N–H and O–H groups in total. The first-order valence-electron chi connectivity index (χ1n) is 5.30. The lowest BCUT2D eigenvalue weighted by Gasteiger charge is -2.06. The van der Waals surface area contributed by atoms with E-state index in [1.54, 1.807) is 30.6 Å². The zero-order valence-corrected chi connectivity index (χ0v) is 10.2. The van der Waals surface area contributed by atoms with Crippen LogP contribution >= 0.6 is 11.6 Å². The van der Waals surface area contributed by atoms with Crippen LogP contribution in [0.2, 0.25) is 5.02 Å². The molecule has 0 saturated carbocycles. The van der Waals surface area contributed by atoms with E-state index in [1.807, 2.05) is 12.1 Å². The minimum absolute atomic E-state index is 0.265. The minimum atomic E-state index is -0.360. The zero-order valence-electron chi connectivity index (χ0n) is 9.43. The molecule has 5 nitrogen and oxygen atoms in total. The van der Waals surface area contributed by atoms with Crippen molar-refractivity contribution in [2.45, 2.75) is 6.54 Å². The van der Waals surface area contributed by atoms with Gasteiger partial charge in [0, 0.05) is 24.0 Å². The maximum absolute atomic E-state index is 11.5. The molecule has 1 heterocycles. The van der Waals surface area contributed by atoms with Crippen LogP contribution in [0.25, 0.3) is 0 Å². The highest BCUT2D eigenvalue weighted by Gasteiger charge is 2.02. The Kier molecular flexibility index (Phi) is 4.09. The maximum Gasteiger partial charge on any atom is 0.321 e. The number of urea groups is 1. The standard InChI is InChI=1S/C12H11ClN4O/c13-10-4-1-3-9(7-10)8-16-12(18)17-11-14-5-2-6-15-11/h1-7H,8H2,(H2,14,15,16,17,18). The molecule has 2 rings (SSSR count). The van der Waals surface area contributed by atoms with Crippen molar-refractivity contribution in [2.24, 2.45) is 0 Å². The van der Waals surface area contributed by atoms with Crippen molar-refractivity contribution in [1.29, 1.82) is 0 Å². The van der Waals surface area contributed by atoms with Gasteiger partial charge in [-0.15, -0.1) is 0 Å². The maximum atomic E-state index is 11.5. The molecule has 1 aromatic heterocycles. The van der Waals surface area contributed by atoms with E-state index in [0.717, 1.165) is 5.56 Å². The van der Waals surface area contributed by atoms with E-state index in [4.69, 9.17) is 11.6 Å². The number of carbonyl (C=O) groups excluding carboxylic acids is 1. The summed E-state index contributed by atoms with van der Waals surface area (Å²) in [5.74, 6) is 0.265. The molecule has 0 bridgehead atoms. The molecular weight excluding hydrogens is 252 g/mol. The van der Waals surface area contributed by atoms with Crippen LogP contribution in [-0.4, -0.2) is 16.0 Å². The highest BCUT2D eigenvalue weighted by atomic mass is 35.5. The van der Waals surface area contributed by atoms with Crippen LogP contribution in [0.3, 0.4) is 0 Å². The second kappa shape index (κ2) is 5.97. The lowest BCUT2D eigenvalue weighted by atomic mass is 10.2. The van der Waals surface area contributed by atoms with Gasteiger partial charge in [-0.25, -0.2) is 14.8 Å². The first kappa shape index (κ1) is 12.3. The Morgan fingerprint density at radius 2 is 2.00 bits per heavy atom. The van der Waals surface area contributed by atoms with Crippen molar-refractivity contribution in [3.63, 3.8) is 0 Å². The molecule has 92 valence electrons. The molecular formula is C12H11ClN4O. The molecule has 0 aliphatic rings. The molecule has 0 atom stereocenters. The fourth-order valence-electron chi connectivity index (χ4n) is 1.34. The van der Waals surface area contributed by atoms with E-state index in [2.05, 4.69) is 20.6 Å². The number of nitrogens with one attached hydrogen (secondary N) is 2. The molecule has 0 fully saturated rings. The topological polar surface area (TPSA) is 66.9 Å². The number of hydrogen-bond acceptors (Lipinski definition) is 3. The minimum Gasteiger partial charge on any atom is -0.334 e. The molecule has 0 aliphatic carbocycles. The average Bonchev–Trinajstić information content (AvgIpc) is 2.38. The predicted molar refractivity (Wildman–Crippen MR) is 69.3 cm³/mol. The number of aromatic nitrogens is 2. The summed E-state index contributed by atoms with van der Waals surface area (Å²) in [4.78, 5) is 19.3. The summed E-state index contributed by atoms with van der Waals surface area (Å²) in [6, 6.07) is 8.60. The number of benzene rings is 1. The Bertz CT molecular complexity index is 533. The number of carbonyl (C=O) groups is 1. The van der Waals surface area contributed by atoms with Gasteiger partial charge in [-0.1, -0.05) is 23.7 Å². The number of anilines is 1. The van der Waals surface area contributed by atoms with Crippen LogP contribution < -0.4 is 10.6 Å². The summed E-state index contributed by atoms with van der Waals surface area (Å²) in [6.07, 6.45) is 3.11. The summed E-state index contributed by atoms with van der Waals surface area (Å²) in [5.41, 5.74) is 0.923. The third kappa shape index (κ3) is 3.71. The average molecular weight is 263 g/mol. The van der Waals surface area contributed by atoms with Gasteiger partial charge in [0.25, 0.3) is 0 Å². The monoisotopic (exact) mass is 262 g/mol. The number of hydrogen-bond donors (Lipinski definition) is 2.